The summed E-state index contributed by atoms with van der Waals surface area (Å²) in [5.74, 6) is 2.43. The molecule has 5 rings (SSSR count). The van der Waals surface area contributed by atoms with Gasteiger partial charge in [0, 0.05) is 31.5 Å². The smallest absolute Gasteiger partial charge is 0.257 e. The highest BCUT2D eigenvalue weighted by Crippen LogP contribution is 2.41. The van der Waals surface area contributed by atoms with Crippen LogP contribution in [0.15, 0.2) is 10.7 Å². The van der Waals surface area contributed by atoms with Crippen molar-refractivity contribution in [3.05, 3.63) is 29.2 Å². The van der Waals surface area contributed by atoms with Crippen LogP contribution in [-0.2, 0) is 0 Å². The second-order valence-corrected chi connectivity index (χ2v) is 7.48. The zero-order valence-electron chi connectivity index (χ0n) is 14.3. The molecule has 8 nitrogen and oxygen atoms in total. The standard InChI is InChI=1S/C17H22N6O2/c1-22-6-7-23(17(24)12-8-18-20-14(12)10-2-3-10)9-13(22)16-19-15(21-25-16)11-4-5-11/h8,10-11,13H,2-7,9H2,1H3,(H,18,20)/t13-/m1/s1. The molecule has 132 valence electrons. The van der Waals surface area contributed by atoms with Gasteiger partial charge in [-0.1, -0.05) is 5.16 Å². The molecule has 2 aromatic rings. The van der Waals surface area contributed by atoms with Crippen molar-refractivity contribution in [1.82, 2.24) is 30.1 Å². The first-order valence-corrected chi connectivity index (χ1v) is 9.07. The highest BCUT2D eigenvalue weighted by Gasteiger charge is 2.37. The number of hydrogen-bond acceptors (Lipinski definition) is 6. The van der Waals surface area contributed by atoms with E-state index >= 15 is 0 Å². The fraction of sp³-hybridized carbons (Fsp3) is 0.647. The third-order valence-electron chi connectivity index (χ3n) is 5.51. The van der Waals surface area contributed by atoms with E-state index < -0.39 is 0 Å². The zero-order valence-corrected chi connectivity index (χ0v) is 14.3. The van der Waals surface area contributed by atoms with Crippen molar-refractivity contribution in [2.24, 2.45) is 0 Å². The SMILES string of the molecule is CN1CCN(C(=O)c2cn[nH]c2C2CC2)C[C@@H]1c1nc(C2CC2)no1. The van der Waals surface area contributed by atoms with Gasteiger partial charge in [-0.2, -0.15) is 10.1 Å². The van der Waals surface area contributed by atoms with Gasteiger partial charge in [-0.3, -0.25) is 14.8 Å². The number of aromatic nitrogens is 4. The van der Waals surface area contributed by atoms with Crippen LogP contribution < -0.4 is 0 Å². The van der Waals surface area contributed by atoms with E-state index in [0.717, 1.165) is 49.3 Å². The second kappa shape index (κ2) is 5.66. The molecule has 0 aromatic carbocycles. The van der Waals surface area contributed by atoms with E-state index in [4.69, 9.17) is 4.52 Å². The van der Waals surface area contributed by atoms with Crippen molar-refractivity contribution in [3.8, 4) is 0 Å². The largest absolute Gasteiger partial charge is 0.338 e. The van der Waals surface area contributed by atoms with Crippen LogP contribution in [-0.4, -0.2) is 62.7 Å². The number of nitrogens with zero attached hydrogens (tertiary/aromatic N) is 5. The Balaban J connectivity index is 1.35. The summed E-state index contributed by atoms with van der Waals surface area (Å²) < 4.78 is 5.51. The molecule has 25 heavy (non-hydrogen) atoms. The molecule has 0 bridgehead atoms. The van der Waals surface area contributed by atoms with Crippen LogP contribution in [0.1, 0.15) is 71.3 Å². The molecule has 1 atom stereocenters. The van der Waals surface area contributed by atoms with Crippen molar-refractivity contribution >= 4 is 5.91 Å². The molecule has 3 fully saturated rings. The van der Waals surface area contributed by atoms with Gasteiger partial charge in [0.1, 0.15) is 6.04 Å². The lowest BCUT2D eigenvalue weighted by Crippen LogP contribution is -2.49. The summed E-state index contributed by atoms with van der Waals surface area (Å²) in [7, 11) is 2.04. The Hall–Kier alpha value is -2.22. The Morgan fingerprint density at radius 3 is 2.80 bits per heavy atom. The molecule has 8 heteroatoms. The monoisotopic (exact) mass is 342 g/mol. The van der Waals surface area contributed by atoms with Crippen molar-refractivity contribution in [2.45, 2.75) is 43.6 Å². The number of carbonyl (C=O) groups is 1. The first kappa shape index (κ1) is 15.1. The van der Waals surface area contributed by atoms with Crippen LogP contribution in [0.25, 0.3) is 0 Å². The quantitative estimate of drug-likeness (QED) is 0.909. The van der Waals surface area contributed by atoms with Crippen LogP contribution in [0, 0.1) is 0 Å². The number of nitrogens with one attached hydrogen (secondary N) is 1. The molecular weight excluding hydrogens is 320 g/mol. The van der Waals surface area contributed by atoms with Crippen LogP contribution in [0.2, 0.25) is 0 Å². The molecule has 0 spiro atoms. The summed E-state index contributed by atoms with van der Waals surface area (Å²) in [6.45, 7) is 2.05. The maximum absolute atomic E-state index is 13.0. The number of aromatic amines is 1. The van der Waals surface area contributed by atoms with Gasteiger partial charge in [0.25, 0.3) is 5.91 Å². The van der Waals surface area contributed by atoms with Gasteiger partial charge in [-0.15, -0.1) is 0 Å². The molecule has 1 amide bonds. The Bertz CT molecular complexity index is 791. The van der Waals surface area contributed by atoms with Crippen molar-refractivity contribution in [1.29, 1.82) is 0 Å². The van der Waals surface area contributed by atoms with Crippen LogP contribution in [0.3, 0.4) is 0 Å². The van der Waals surface area contributed by atoms with Gasteiger partial charge >= 0.3 is 0 Å². The van der Waals surface area contributed by atoms with Crippen molar-refractivity contribution < 1.29 is 9.32 Å². The number of amides is 1. The van der Waals surface area contributed by atoms with Crippen LogP contribution in [0.5, 0.6) is 0 Å². The average Bonchev–Trinajstić information content (AvgIpc) is 3.56. The minimum Gasteiger partial charge on any atom is -0.338 e. The van der Waals surface area contributed by atoms with Gasteiger partial charge in [-0.05, 0) is 32.7 Å². The summed E-state index contributed by atoms with van der Waals surface area (Å²) in [6.07, 6.45) is 6.24. The minimum atomic E-state index is -0.0472. The van der Waals surface area contributed by atoms with Gasteiger partial charge < -0.3 is 9.42 Å². The Labute approximate surface area is 145 Å². The normalized spacial score (nSPS) is 24.7. The van der Waals surface area contributed by atoms with Gasteiger partial charge in [0.2, 0.25) is 5.89 Å². The Morgan fingerprint density at radius 1 is 1.24 bits per heavy atom. The van der Waals surface area contributed by atoms with E-state index in [0.29, 0.717) is 30.8 Å². The van der Waals surface area contributed by atoms with E-state index in [2.05, 4.69) is 25.2 Å². The van der Waals surface area contributed by atoms with Gasteiger partial charge in [0.05, 0.1) is 17.5 Å². The van der Waals surface area contributed by atoms with E-state index in [1.54, 1.807) is 6.20 Å². The third-order valence-corrected chi connectivity index (χ3v) is 5.51. The molecule has 3 heterocycles. The van der Waals surface area contributed by atoms with Crippen molar-refractivity contribution in [3.63, 3.8) is 0 Å². The molecule has 1 aliphatic heterocycles. The molecule has 2 saturated carbocycles. The molecular formula is C17H22N6O2. The fourth-order valence-corrected chi connectivity index (χ4v) is 3.53. The zero-order chi connectivity index (χ0) is 17.0. The Kier molecular flexibility index (Phi) is 3.41. The number of likely N-dealkylation sites (N-methyl/N-ethyl adjacent to an activating group) is 1. The maximum atomic E-state index is 13.0. The predicted octanol–water partition coefficient (Wildman–Crippen LogP) is 1.68. The number of H-pyrrole nitrogens is 1. The number of piperazine rings is 1. The van der Waals surface area contributed by atoms with Crippen LogP contribution in [0.4, 0.5) is 0 Å². The predicted molar refractivity (Wildman–Crippen MR) is 88.1 cm³/mol. The van der Waals surface area contributed by atoms with E-state index in [1.165, 1.54) is 0 Å². The molecule has 0 radical (unpaired) electrons. The second-order valence-electron chi connectivity index (χ2n) is 7.48. The minimum absolute atomic E-state index is 0.0472. The molecule has 1 saturated heterocycles. The highest BCUT2D eigenvalue weighted by atomic mass is 16.5. The van der Waals surface area contributed by atoms with E-state index in [1.807, 2.05) is 11.9 Å². The van der Waals surface area contributed by atoms with E-state index in [-0.39, 0.29) is 11.9 Å². The Morgan fingerprint density at radius 2 is 2.04 bits per heavy atom. The molecule has 2 aromatic heterocycles. The van der Waals surface area contributed by atoms with Crippen LogP contribution >= 0.6 is 0 Å². The number of hydrogen-bond donors (Lipinski definition) is 1. The molecule has 2 aliphatic carbocycles. The van der Waals surface area contributed by atoms with Gasteiger partial charge in [0.15, 0.2) is 5.82 Å². The summed E-state index contributed by atoms with van der Waals surface area (Å²) in [5.41, 5.74) is 1.71. The van der Waals surface area contributed by atoms with E-state index in [9.17, 15) is 4.79 Å². The summed E-state index contributed by atoms with van der Waals surface area (Å²) in [6, 6.07) is -0.0472. The lowest BCUT2D eigenvalue weighted by molar-refractivity contribution is 0.0488. The first-order chi connectivity index (χ1) is 12.2. The summed E-state index contributed by atoms with van der Waals surface area (Å²) >= 11 is 0. The average molecular weight is 342 g/mol. The number of rotatable bonds is 4. The first-order valence-electron chi connectivity index (χ1n) is 9.07. The summed E-state index contributed by atoms with van der Waals surface area (Å²) in [5, 5.41) is 11.2. The third kappa shape index (κ3) is 2.74. The molecule has 3 aliphatic rings. The summed E-state index contributed by atoms with van der Waals surface area (Å²) in [4.78, 5) is 21.7. The molecule has 0 unspecified atom stereocenters. The lowest BCUT2D eigenvalue weighted by Gasteiger charge is -2.37. The number of carbonyl (C=O) groups excluding carboxylic acids is 1. The van der Waals surface area contributed by atoms with Gasteiger partial charge in [-0.25, -0.2) is 0 Å². The lowest BCUT2D eigenvalue weighted by atomic mass is 10.1. The highest BCUT2D eigenvalue weighted by molar-refractivity contribution is 5.95. The fourth-order valence-electron chi connectivity index (χ4n) is 3.53. The van der Waals surface area contributed by atoms with Crippen molar-refractivity contribution in [2.75, 3.05) is 26.7 Å². The maximum Gasteiger partial charge on any atom is 0.257 e. The molecule has 1 N–H and O–H groups in total. The topological polar surface area (TPSA) is 91.2 Å².